The minimum atomic E-state index is -0.541. The summed E-state index contributed by atoms with van der Waals surface area (Å²) in [5.41, 5.74) is 6.95. The second kappa shape index (κ2) is 8.23. The van der Waals surface area contributed by atoms with Crippen molar-refractivity contribution in [3.05, 3.63) is 40.8 Å². The molecule has 1 heterocycles. The van der Waals surface area contributed by atoms with E-state index in [1.165, 1.54) is 22.9 Å². The third kappa shape index (κ3) is 3.92. The molecular formula is C16H19ClFN3O3. The van der Waals surface area contributed by atoms with Crippen molar-refractivity contribution in [2.45, 2.75) is 19.4 Å². The number of nitrogens with zero attached hydrogens (tertiary/aromatic N) is 2. The topological polar surface area (TPSA) is 90.4 Å². The molecule has 0 saturated heterocycles. The molecule has 1 atom stereocenters. The molecule has 0 aliphatic heterocycles. The number of halogens is 2. The van der Waals surface area contributed by atoms with E-state index >= 15 is 0 Å². The Labute approximate surface area is 144 Å². The second-order valence-electron chi connectivity index (χ2n) is 5.11. The highest BCUT2D eigenvalue weighted by Gasteiger charge is 2.22. The summed E-state index contributed by atoms with van der Waals surface area (Å²) in [6.45, 7) is 2.02. The van der Waals surface area contributed by atoms with Crippen molar-refractivity contribution >= 4 is 17.6 Å². The lowest BCUT2D eigenvalue weighted by molar-refractivity contribution is 0.0507. The molecule has 3 N–H and O–H groups in total. The number of nitrogens with two attached hydrogens (primary N) is 1. The SMILES string of the molecule is CCOC(=O)c1cc(-c2ccc(F)c(Cl)c2)nn1C(CN)CCO. The predicted molar refractivity (Wildman–Crippen MR) is 88.4 cm³/mol. The Morgan fingerprint density at radius 1 is 1.50 bits per heavy atom. The average molecular weight is 356 g/mol. The summed E-state index contributed by atoms with van der Waals surface area (Å²) in [6, 6.07) is 5.36. The number of carbonyl (C=O) groups is 1. The number of hydrogen-bond acceptors (Lipinski definition) is 5. The zero-order valence-corrected chi connectivity index (χ0v) is 14.0. The van der Waals surface area contributed by atoms with Crippen molar-refractivity contribution in [2.24, 2.45) is 5.73 Å². The smallest absolute Gasteiger partial charge is 0.356 e. The standard InChI is InChI=1S/C16H19ClFN3O3/c1-2-24-16(23)15-8-14(10-3-4-13(18)12(17)7-10)20-21(15)11(9-19)5-6-22/h3-4,7-8,11,22H,2,5-6,9,19H2,1H3. The fraction of sp³-hybridized carbons (Fsp3) is 0.375. The summed E-state index contributed by atoms with van der Waals surface area (Å²) in [6.07, 6.45) is 0.341. The van der Waals surface area contributed by atoms with Gasteiger partial charge in [-0.25, -0.2) is 9.18 Å². The Morgan fingerprint density at radius 2 is 2.25 bits per heavy atom. The largest absolute Gasteiger partial charge is 0.461 e. The Balaban J connectivity index is 2.50. The molecule has 8 heteroatoms. The monoisotopic (exact) mass is 355 g/mol. The van der Waals surface area contributed by atoms with Crippen molar-refractivity contribution in [3.63, 3.8) is 0 Å². The summed E-state index contributed by atoms with van der Waals surface area (Å²) >= 11 is 5.81. The minimum absolute atomic E-state index is 0.0366. The molecule has 0 spiro atoms. The zero-order chi connectivity index (χ0) is 17.7. The highest BCUT2D eigenvalue weighted by Crippen LogP contribution is 2.26. The van der Waals surface area contributed by atoms with E-state index in [2.05, 4.69) is 5.10 Å². The van der Waals surface area contributed by atoms with Crippen molar-refractivity contribution in [2.75, 3.05) is 19.8 Å². The van der Waals surface area contributed by atoms with E-state index in [0.717, 1.165) is 0 Å². The van der Waals surface area contributed by atoms with Crippen LogP contribution < -0.4 is 5.73 Å². The van der Waals surface area contributed by atoms with Gasteiger partial charge >= 0.3 is 5.97 Å². The summed E-state index contributed by atoms with van der Waals surface area (Å²) in [5.74, 6) is -1.08. The first-order valence-electron chi connectivity index (χ1n) is 7.54. The number of hydrogen-bond donors (Lipinski definition) is 2. The molecule has 24 heavy (non-hydrogen) atoms. The molecule has 130 valence electrons. The van der Waals surface area contributed by atoms with Crippen molar-refractivity contribution in [3.8, 4) is 11.3 Å². The highest BCUT2D eigenvalue weighted by atomic mass is 35.5. The lowest BCUT2D eigenvalue weighted by atomic mass is 10.1. The molecule has 0 amide bonds. The number of esters is 1. The third-order valence-corrected chi connectivity index (χ3v) is 3.81. The number of aliphatic hydroxyl groups is 1. The van der Waals surface area contributed by atoms with Gasteiger partial charge in [-0.05, 0) is 37.6 Å². The first-order valence-corrected chi connectivity index (χ1v) is 7.92. The third-order valence-electron chi connectivity index (χ3n) is 3.52. The summed E-state index contributed by atoms with van der Waals surface area (Å²) in [7, 11) is 0. The maximum atomic E-state index is 13.3. The molecular weight excluding hydrogens is 337 g/mol. The van der Waals surface area contributed by atoms with Crippen molar-refractivity contribution in [1.82, 2.24) is 9.78 Å². The molecule has 0 aliphatic carbocycles. The molecule has 1 unspecified atom stereocenters. The van der Waals surface area contributed by atoms with Crippen LogP contribution in [0.2, 0.25) is 5.02 Å². The normalized spacial score (nSPS) is 12.2. The van der Waals surface area contributed by atoms with Gasteiger partial charge in [0, 0.05) is 18.7 Å². The molecule has 2 rings (SSSR count). The molecule has 0 fully saturated rings. The van der Waals surface area contributed by atoms with Gasteiger partial charge in [0.1, 0.15) is 11.5 Å². The van der Waals surface area contributed by atoms with E-state index < -0.39 is 11.8 Å². The Bertz CT molecular complexity index is 721. The minimum Gasteiger partial charge on any atom is -0.461 e. The van der Waals surface area contributed by atoms with Gasteiger partial charge < -0.3 is 15.6 Å². The molecule has 6 nitrogen and oxygen atoms in total. The average Bonchev–Trinajstić information content (AvgIpc) is 3.00. The Kier molecular flexibility index (Phi) is 6.30. The fourth-order valence-corrected chi connectivity index (χ4v) is 2.50. The highest BCUT2D eigenvalue weighted by molar-refractivity contribution is 6.31. The van der Waals surface area contributed by atoms with Crippen LogP contribution in [-0.2, 0) is 4.74 Å². The van der Waals surface area contributed by atoms with Gasteiger partial charge in [0.2, 0.25) is 0 Å². The van der Waals surface area contributed by atoms with Crippen LogP contribution in [0.1, 0.15) is 29.9 Å². The predicted octanol–water partition coefficient (Wildman–Crippen LogP) is 2.40. The quantitative estimate of drug-likeness (QED) is 0.744. The van der Waals surface area contributed by atoms with Crippen LogP contribution in [0.4, 0.5) is 4.39 Å². The second-order valence-corrected chi connectivity index (χ2v) is 5.52. The van der Waals surface area contributed by atoms with Crippen molar-refractivity contribution in [1.29, 1.82) is 0 Å². The number of ether oxygens (including phenoxy) is 1. The zero-order valence-electron chi connectivity index (χ0n) is 13.2. The van der Waals surface area contributed by atoms with Gasteiger partial charge in [-0.2, -0.15) is 5.10 Å². The van der Waals surface area contributed by atoms with Crippen LogP contribution in [-0.4, -0.2) is 40.6 Å². The molecule has 0 bridgehead atoms. The van der Waals surface area contributed by atoms with Crippen LogP contribution in [0, 0.1) is 5.82 Å². The molecule has 2 aromatic rings. The molecule has 0 saturated carbocycles. The summed E-state index contributed by atoms with van der Waals surface area (Å²) in [4.78, 5) is 12.2. The fourth-order valence-electron chi connectivity index (χ4n) is 2.32. The van der Waals surface area contributed by atoms with Gasteiger partial charge in [-0.3, -0.25) is 4.68 Å². The van der Waals surface area contributed by atoms with E-state index in [1.807, 2.05) is 0 Å². The lowest BCUT2D eigenvalue weighted by Crippen LogP contribution is -2.25. The van der Waals surface area contributed by atoms with E-state index in [-0.39, 0.29) is 36.5 Å². The number of aromatic nitrogens is 2. The van der Waals surface area contributed by atoms with Crippen molar-refractivity contribution < 1.29 is 19.0 Å². The van der Waals surface area contributed by atoms with Gasteiger partial charge in [0.25, 0.3) is 0 Å². The van der Waals surface area contributed by atoms with Crippen LogP contribution in [0.3, 0.4) is 0 Å². The van der Waals surface area contributed by atoms with Crippen LogP contribution in [0.15, 0.2) is 24.3 Å². The van der Waals surface area contributed by atoms with Gasteiger partial charge in [0.05, 0.1) is 23.4 Å². The van der Waals surface area contributed by atoms with Gasteiger partial charge in [-0.15, -0.1) is 0 Å². The van der Waals surface area contributed by atoms with Crippen LogP contribution in [0.25, 0.3) is 11.3 Å². The molecule has 1 aromatic heterocycles. The maximum Gasteiger partial charge on any atom is 0.356 e. The van der Waals surface area contributed by atoms with Gasteiger partial charge in [-0.1, -0.05) is 11.6 Å². The Morgan fingerprint density at radius 3 is 2.83 bits per heavy atom. The maximum absolute atomic E-state index is 13.3. The molecule has 0 aliphatic rings. The molecule has 0 radical (unpaired) electrons. The van der Waals surface area contributed by atoms with Crippen LogP contribution >= 0.6 is 11.6 Å². The number of carbonyl (C=O) groups excluding carboxylic acids is 1. The van der Waals surface area contributed by atoms with E-state index in [0.29, 0.717) is 17.7 Å². The first kappa shape index (κ1) is 18.4. The number of benzene rings is 1. The van der Waals surface area contributed by atoms with E-state index in [1.54, 1.807) is 13.0 Å². The van der Waals surface area contributed by atoms with E-state index in [4.69, 9.17) is 22.1 Å². The van der Waals surface area contributed by atoms with E-state index in [9.17, 15) is 14.3 Å². The summed E-state index contributed by atoms with van der Waals surface area (Å²) in [5, 5.41) is 13.5. The number of rotatable bonds is 7. The number of aliphatic hydroxyl groups excluding tert-OH is 1. The summed E-state index contributed by atoms with van der Waals surface area (Å²) < 4.78 is 19.8. The van der Waals surface area contributed by atoms with Gasteiger partial charge in [0.15, 0.2) is 0 Å². The first-order chi connectivity index (χ1) is 11.5. The van der Waals surface area contributed by atoms with Crippen LogP contribution in [0.5, 0.6) is 0 Å². The Hall–Kier alpha value is -1.96. The lowest BCUT2D eigenvalue weighted by Gasteiger charge is -2.16. The molecule has 1 aromatic carbocycles.